The highest BCUT2D eigenvalue weighted by molar-refractivity contribution is 6.05. The summed E-state index contributed by atoms with van der Waals surface area (Å²) in [5.74, 6) is -1.65. The number of hydrogen-bond donors (Lipinski definition) is 2. The molecule has 1 rings (SSSR count). The van der Waals surface area contributed by atoms with Crippen LogP contribution in [0, 0.1) is 0 Å². The minimum absolute atomic E-state index is 0.0636. The molecule has 0 radical (unpaired) electrons. The van der Waals surface area contributed by atoms with Crippen LogP contribution in [0.5, 0.6) is 0 Å². The first-order valence-corrected chi connectivity index (χ1v) is 9.47. The van der Waals surface area contributed by atoms with Gasteiger partial charge in [-0.25, -0.2) is 4.79 Å². The molecule has 1 aliphatic rings. The molecule has 0 unspecified atom stereocenters. The lowest BCUT2D eigenvalue weighted by molar-refractivity contribution is -0.132. The number of hydrogen-bond acceptors (Lipinski definition) is 3. The lowest BCUT2D eigenvalue weighted by Crippen LogP contribution is -2.20. The van der Waals surface area contributed by atoms with Crippen LogP contribution in [0.2, 0.25) is 0 Å². The van der Waals surface area contributed by atoms with E-state index < -0.39 is 5.97 Å². The van der Waals surface area contributed by atoms with E-state index in [0.29, 0.717) is 12.0 Å². The Morgan fingerprint density at radius 1 is 1.15 bits per heavy atom. The fourth-order valence-corrected chi connectivity index (χ4v) is 3.07. The van der Waals surface area contributed by atoms with E-state index in [-0.39, 0.29) is 35.5 Å². The number of carbonyl (C=O) groups is 2. The Morgan fingerprint density at radius 2 is 1.85 bits per heavy atom. The minimum atomic E-state index is -1.15. The van der Waals surface area contributed by atoms with Gasteiger partial charge in [0.1, 0.15) is 11.3 Å². The van der Waals surface area contributed by atoms with Crippen molar-refractivity contribution in [1.29, 1.82) is 0 Å². The SMILES string of the molecule is CCCCCC1=C(C(=O)O)C(O)=C(CC=C(C)CCC=C(C)C)C(=O)C1. The molecule has 0 saturated carbocycles. The van der Waals surface area contributed by atoms with E-state index in [2.05, 4.69) is 26.8 Å². The second kappa shape index (κ2) is 10.8. The van der Waals surface area contributed by atoms with Gasteiger partial charge in [0.15, 0.2) is 5.78 Å². The smallest absolute Gasteiger partial charge is 0.339 e. The van der Waals surface area contributed by atoms with Crippen LogP contribution in [-0.2, 0) is 9.59 Å². The summed E-state index contributed by atoms with van der Waals surface area (Å²) in [5.41, 5.74) is 3.12. The third-order valence-corrected chi connectivity index (χ3v) is 4.63. The zero-order valence-electron chi connectivity index (χ0n) is 16.5. The monoisotopic (exact) mass is 360 g/mol. The standard InChI is InChI=1S/C22H32O4/c1-5-6-7-11-17-14-19(23)18(21(24)20(17)22(25)26)13-12-16(4)10-8-9-15(2)3/h9,12,24H,5-8,10-11,13-14H2,1-4H3,(H,25,26). The molecule has 144 valence electrons. The summed E-state index contributed by atoms with van der Waals surface area (Å²) in [6, 6.07) is 0. The van der Waals surface area contributed by atoms with Crippen molar-refractivity contribution in [3.05, 3.63) is 45.8 Å². The van der Waals surface area contributed by atoms with Crippen LogP contribution >= 0.6 is 0 Å². The lowest BCUT2D eigenvalue weighted by Gasteiger charge is -2.20. The Morgan fingerprint density at radius 3 is 2.42 bits per heavy atom. The van der Waals surface area contributed by atoms with Gasteiger partial charge in [0.05, 0.1) is 0 Å². The maximum Gasteiger partial charge on any atom is 0.339 e. The van der Waals surface area contributed by atoms with Gasteiger partial charge in [-0.2, -0.15) is 0 Å². The van der Waals surface area contributed by atoms with Crippen LogP contribution in [0.4, 0.5) is 0 Å². The van der Waals surface area contributed by atoms with E-state index in [1.165, 1.54) is 5.57 Å². The number of carbonyl (C=O) groups excluding carboxylic acids is 1. The third kappa shape index (κ3) is 6.66. The van der Waals surface area contributed by atoms with Crippen LogP contribution in [-0.4, -0.2) is 22.0 Å². The molecule has 0 aromatic carbocycles. The first-order chi connectivity index (χ1) is 12.3. The summed E-state index contributed by atoms with van der Waals surface area (Å²) in [6.07, 6.45) is 9.68. The van der Waals surface area contributed by atoms with Gasteiger partial charge in [0.25, 0.3) is 0 Å². The van der Waals surface area contributed by atoms with E-state index in [9.17, 15) is 19.8 Å². The van der Waals surface area contributed by atoms with Gasteiger partial charge in [-0.05, 0) is 58.4 Å². The molecule has 0 atom stereocenters. The van der Waals surface area contributed by atoms with Crippen molar-refractivity contribution in [1.82, 2.24) is 0 Å². The summed E-state index contributed by atoms with van der Waals surface area (Å²) in [7, 11) is 0. The molecule has 26 heavy (non-hydrogen) atoms. The van der Waals surface area contributed by atoms with Gasteiger partial charge in [-0.3, -0.25) is 4.79 Å². The average Bonchev–Trinajstić information content (AvgIpc) is 2.53. The molecular weight excluding hydrogens is 328 g/mol. The van der Waals surface area contributed by atoms with Crippen molar-refractivity contribution in [3.63, 3.8) is 0 Å². The minimum Gasteiger partial charge on any atom is -0.507 e. The molecular formula is C22H32O4. The maximum atomic E-state index is 12.4. The number of carboxylic acids is 1. The van der Waals surface area contributed by atoms with Gasteiger partial charge in [-0.1, -0.05) is 43.1 Å². The average molecular weight is 360 g/mol. The van der Waals surface area contributed by atoms with E-state index in [1.54, 1.807) is 0 Å². The molecule has 0 bridgehead atoms. The number of aliphatic hydroxyl groups excluding tert-OH is 1. The highest BCUT2D eigenvalue weighted by Gasteiger charge is 2.30. The van der Waals surface area contributed by atoms with Crippen molar-refractivity contribution in [2.45, 2.75) is 79.1 Å². The normalized spacial score (nSPS) is 15.5. The van der Waals surface area contributed by atoms with Crippen molar-refractivity contribution >= 4 is 11.8 Å². The van der Waals surface area contributed by atoms with E-state index in [4.69, 9.17) is 0 Å². The van der Waals surface area contributed by atoms with Crippen LogP contribution in [0.3, 0.4) is 0 Å². The Hall–Kier alpha value is -2.10. The Labute approximate surface area is 157 Å². The lowest BCUT2D eigenvalue weighted by atomic mass is 9.85. The first kappa shape index (κ1) is 21.9. The highest BCUT2D eigenvalue weighted by atomic mass is 16.4. The van der Waals surface area contributed by atoms with Crippen LogP contribution < -0.4 is 0 Å². The molecule has 4 nitrogen and oxygen atoms in total. The largest absolute Gasteiger partial charge is 0.507 e. The van der Waals surface area contributed by atoms with Gasteiger partial charge in [-0.15, -0.1) is 0 Å². The van der Waals surface area contributed by atoms with E-state index >= 15 is 0 Å². The van der Waals surface area contributed by atoms with Crippen molar-refractivity contribution < 1.29 is 19.8 Å². The summed E-state index contributed by atoms with van der Waals surface area (Å²) in [6.45, 7) is 8.18. The molecule has 0 spiro atoms. The topological polar surface area (TPSA) is 74.6 Å². The summed E-state index contributed by atoms with van der Waals surface area (Å²) >= 11 is 0. The number of unbranched alkanes of at least 4 members (excludes halogenated alkanes) is 2. The summed E-state index contributed by atoms with van der Waals surface area (Å²) < 4.78 is 0. The quantitative estimate of drug-likeness (QED) is 0.380. The third-order valence-electron chi connectivity index (χ3n) is 4.63. The fraction of sp³-hybridized carbons (Fsp3) is 0.545. The maximum absolute atomic E-state index is 12.4. The Kier molecular flexibility index (Phi) is 9.11. The molecule has 2 N–H and O–H groups in total. The second-order valence-corrected chi connectivity index (χ2v) is 7.24. The number of allylic oxidation sites excluding steroid dienone is 6. The number of aliphatic hydroxyl groups is 1. The van der Waals surface area contributed by atoms with E-state index in [1.807, 2.05) is 13.0 Å². The molecule has 1 aliphatic carbocycles. The van der Waals surface area contributed by atoms with Gasteiger partial charge >= 0.3 is 5.97 Å². The fourth-order valence-electron chi connectivity index (χ4n) is 3.07. The summed E-state index contributed by atoms with van der Waals surface area (Å²) in [5, 5.41) is 19.9. The molecule has 0 saturated heterocycles. The molecule has 0 aliphatic heterocycles. The first-order valence-electron chi connectivity index (χ1n) is 9.47. The van der Waals surface area contributed by atoms with Gasteiger partial charge in [0, 0.05) is 12.0 Å². The van der Waals surface area contributed by atoms with Crippen LogP contribution in [0.25, 0.3) is 0 Å². The Balaban J connectivity index is 2.97. The van der Waals surface area contributed by atoms with Crippen molar-refractivity contribution in [3.8, 4) is 0 Å². The number of aliphatic carboxylic acids is 1. The number of ketones is 1. The van der Waals surface area contributed by atoms with Crippen molar-refractivity contribution in [2.24, 2.45) is 0 Å². The Bertz CT molecular complexity index is 656. The van der Waals surface area contributed by atoms with E-state index in [0.717, 1.165) is 37.7 Å². The van der Waals surface area contributed by atoms with Crippen LogP contribution in [0.15, 0.2) is 45.8 Å². The predicted octanol–water partition coefficient (Wildman–Crippen LogP) is 5.82. The van der Waals surface area contributed by atoms with Crippen LogP contribution in [0.1, 0.15) is 79.1 Å². The van der Waals surface area contributed by atoms with Gasteiger partial charge < -0.3 is 10.2 Å². The molecule has 0 heterocycles. The number of carboxylic acid groups (broad SMARTS) is 1. The number of rotatable bonds is 10. The molecule has 0 fully saturated rings. The zero-order valence-corrected chi connectivity index (χ0v) is 16.5. The summed E-state index contributed by atoms with van der Waals surface area (Å²) in [4.78, 5) is 24.1. The zero-order chi connectivity index (χ0) is 19.7. The molecule has 0 aromatic rings. The number of Topliss-reactive ketones (excluding diaryl/α,β-unsaturated/α-hetero) is 1. The second-order valence-electron chi connectivity index (χ2n) is 7.24. The molecule has 0 amide bonds. The van der Waals surface area contributed by atoms with Gasteiger partial charge in [0.2, 0.25) is 0 Å². The molecule has 0 aromatic heterocycles. The van der Waals surface area contributed by atoms with Crippen molar-refractivity contribution in [2.75, 3.05) is 0 Å². The molecule has 4 heteroatoms. The predicted molar refractivity (Wildman–Crippen MR) is 105 cm³/mol. The highest BCUT2D eigenvalue weighted by Crippen LogP contribution is 2.32.